The maximum Gasteiger partial charge on any atom is 0.354 e. The van der Waals surface area contributed by atoms with Crippen LogP contribution in [-0.4, -0.2) is 21.2 Å². The molecule has 0 aliphatic carbocycles. The maximum absolute atomic E-state index is 10.3. The van der Waals surface area contributed by atoms with Crippen LogP contribution in [0.1, 0.15) is 10.5 Å². The molecule has 0 spiro atoms. The Hall–Kier alpha value is -1.29. The predicted molar refractivity (Wildman–Crippen MR) is 37.9 cm³/mol. The van der Waals surface area contributed by atoms with Crippen molar-refractivity contribution in [1.29, 1.82) is 0 Å². The molecule has 0 bridgehead atoms. The van der Waals surface area contributed by atoms with Gasteiger partial charge in [0.05, 0.1) is 0 Å². The first-order chi connectivity index (χ1) is 5.11. The second kappa shape index (κ2) is 2.75. The molecule has 0 atom stereocenters. The molecule has 1 aromatic rings. The lowest BCUT2D eigenvalue weighted by molar-refractivity contribution is 0.0690. The van der Waals surface area contributed by atoms with E-state index in [4.69, 9.17) is 21.8 Å². The van der Waals surface area contributed by atoms with E-state index in [1.165, 1.54) is 12.1 Å². The van der Waals surface area contributed by atoms with Crippen molar-refractivity contribution in [3.8, 4) is 5.75 Å². The smallest absolute Gasteiger partial charge is 0.354 e. The summed E-state index contributed by atoms with van der Waals surface area (Å²) in [4.78, 5) is 13.6. The summed E-state index contributed by atoms with van der Waals surface area (Å²) < 4.78 is 0. The molecule has 2 N–H and O–H groups in total. The van der Waals surface area contributed by atoms with Crippen LogP contribution in [-0.2, 0) is 0 Å². The third kappa shape index (κ3) is 1.59. The normalized spacial score (nSPS) is 9.55. The number of pyridine rings is 1. The maximum atomic E-state index is 10.3. The molecule has 0 saturated heterocycles. The fraction of sp³-hybridized carbons (Fsp3) is 0. The van der Waals surface area contributed by atoms with Gasteiger partial charge in [0.25, 0.3) is 0 Å². The standard InChI is InChI=1S/C6H4ClNO3/c7-5-4(9)2-1-3(8-5)6(10)11/h1-2,9H,(H,10,11). The minimum absolute atomic E-state index is 0.187. The molecule has 1 rings (SSSR count). The van der Waals surface area contributed by atoms with Gasteiger partial charge in [-0.25, -0.2) is 9.78 Å². The molecule has 0 saturated carbocycles. The van der Waals surface area contributed by atoms with E-state index in [1.807, 2.05) is 0 Å². The molecule has 11 heavy (non-hydrogen) atoms. The van der Waals surface area contributed by atoms with E-state index in [2.05, 4.69) is 4.98 Å². The summed E-state index contributed by atoms with van der Waals surface area (Å²) >= 11 is 5.33. The van der Waals surface area contributed by atoms with E-state index < -0.39 is 5.97 Å². The number of carboxylic acid groups (broad SMARTS) is 1. The van der Waals surface area contributed by atoms with Crippen LogP contribution in [0.3, 0.4) is 0 Å². The third-order valence-electron chi connectivity index (χ3n) is 1.05. The highest BCUT2D eigenvalue weighted by molar-refractivity contribution is 6.30. The molecular weight excluding hydrogens is 170 g/mol. The predicted octanol–water partition coefficient (Wildman–Crippen LogP) is 1.14. The first kappa shape index (κ1) is 7.81. The number of carbonyl (C=O) groups is 1. The zero-order valence-corrected chi connectivity index (χ0v) is 6.04. The first-order valence-corrected chi connectivity index (χ1v) is 3.08. The molecule has 0 aromatic carbocycles. The molecule has 0 aliphatic heterocycles. The number of carboxylic acids is 1. The van der Waals surface area contributed by atoms with Crippen LogP contribution in [0.4, 0.5) is 0 Å². The highest BCUT2D eigenvalue weighted by Crippen LogP contribution is 2.19. The van der Waals surface area contributed by atoms with Gasteiger partial charge in [-0.1, -0.05) is 11.6 Å². The van der Waals surface area contributed by atoms with Gasteiger partial charge in [-0.3, -0.25) is 0 Å². The fourth-order valence-corrected chi connectivity index (χ4v) is 0.700. The lowest BCUT2D eigenvalue weighted by atomic mass is 10.3. The van der Waals surface area contributed by atoms with E-state index in [0.717, 1.165) is 0 Å². The van der Waals surface area contributed by atoms with Gasteiger partial charge in [0, 0.05) is 0 Å². The number of hydrogen-bond acceptors (Lipinski definition) is 3. The van der Waals surface area contributed by atoms with Crippen molar-refractivity contribution in [2.45, 2.75) is 0 Å². The first-order valence-electron chi connectivity index (χ1n) is 2.70. The topological polar surface area (TPSA) is 70.4 Å². The van der Waals surface area contributed by atoms with Gasteiger partial charge >= 0.3 is 5.97 Å². The lowest BCUT2D eigenvalue weighted by Crippen LogP contribution is -1.99. The van der Waals surface area contributed by atoms with E-state index >= 15 is 0 Å². The van der Waals surface area contributed by atoms with Gasteiger partial charge in [0.15, 0.2) is 10.9 Å². The van der Waals surface area contributed by atoms with Gasteiger partial charge in [-0.05, 0) is 12.1 Å². The van der Waals surface area contributed by atoms with E-state index in [9.17, 15) is 4.79 Å². The Bertz CT molecular complexity index is 300. The zero-order valence-electron chi connectivity index (χ0n) is 5.28. The monoisotopic (exact) mass is 173 g/mol. The summed E-state index contributed by atoms with van der Waals surface area (Å²) in [5.41, 5.74) is -0.187. The molecule has 1 aromatic heterocycles. The number of aromatic nitrogens is 1. The Morgan fingerprint density at radius 3 is 2.64 bits per heavy atom. The number of aromatic carboxylic acids is 1. The van der Waals surface area contributed by atoms with Crippen molar-refractivity contribution in [2.24, 2.45) is 0 Å². The molecule has 4 nitrogen and oxygen atoms in total. The molecule has 5 heteroatoms. The van der Waals surface area contributed by atoms with Crippen LogP contribution in [0.15, 0.2) is 12.1 Å². The SMILES string of the molecule is O=C(O)c1ccc(O)c(Cl)n1. The Morgan fingerprint density at radius 1 is 1.55 bits per heavy atom. The molecule has 0 amide bonds. The van der Waals surface area contributed by atoms with Crippen molar-refractivity contribution in [3.63, 3.8) is 0 Å². The molecule has 0 aliphatic rings. The summed E-state index contributed by atoms with van der Waals surface area (Å²) in [5.74, 6) is -1.40. The molecular formula is C6H4ClNO3. The number of halogens is 1. The number of rotatable bonds is 1. The van der Waals surface area contributed by atoms with Crippen LogP contribution >= 0.6 is 11.6 Å². The van der Waals surface area contributed by atoms with Crippen LogP contribution in [0.5, 0.6) is 5.75 Å². The zero-order chi connectivity index (χ0) is 8.43. The second-order valence-electron chi connectivity index (χ2n) is 1.81. The quantitative estimate of drug-likeness (QED) is 0.625. The van der Waals surface area contributed by atoms with Crippen molar-refractivity contribution in [3.05, 3.63) is 23.0 Å². The fourth-order valence-electron chi connectivity index (χ4n) is 0.546. The summed E-state index contributed by atoms with van der Waals surface area (Å²) in [6.45, 7) is 0. The second-order valence-corrected chi connectivity index (χ2v) is 2.17. The van der Waals surface area contributed by atoms with Crippen molar-refractivity contribution in [1.82, 2.24) is 4.98 Å². The Kier molecular flexibility index (Phi) is 1.96. The number of nitrogens with zero attached hydrogens (tertiary/aromatic N) is 1. The van der Waals surface area contributed by atoms with E-state index in [-0.39, 0.29) is 16.6 Å². The van der Waals surface area contributed by atoms with Gasteiger partial charge < -0.3 is 10.2 Å². The number of aromatic hydroxyl groups is 1. The molecule has 0 unspecified atom stereocenters. The van der Waals surface area contributed by atoms with Crippen LogP contribution in [0.25, 0.3) is 0 Å². The van der Waals surface area contributed by atoms with E-state index in [1.54, 1.807) is 0 Å². The minimum Gasteiger partial charge on any atom is -0.505 e. The van der Waals surface area contributed by atoms with Crippen LogP contribution in [0, 0.1) is 0 Å². The average Bonchev–Trinajstić information content (AvgIpc) is 1.94. The lowest BCUT2D eigenvalue weighted by Gasteiger charge is -1.95. The largest absolute Gasteiger partial charge is 0.505 e. The number of hydrogen-bond donors (Lipinski definition) is 2. The van der Waals surface area contributed by atoms with E-state index in [0.29, 0.717) is 0 Å². The molecule has 0 radical (unpaired) electrons. The highest BCUT2D eigenvalue weighted by Gasteiger charge is 2.06. The molecule has 0 fully saturated rings. The van der Waals surface area contributed by atoms with Crippen molar-refractivity contribution >= 4 is 17.6 Å². The highest BCUT2D eigenvalue weighted by atomic mass is 35.5. The van der Waals surface area contributed by atoms with Crippen LogP contribution < -0.4 is 0 Å². The molecule has 1 heterocycles. The minimum atomic E-state index is -1.17. The van der Waals surface area contributed by atoms with Gasteiger partial charge in [-0.2, -0.15) is 0 Å². The molecule has 58 valence electrons. The summed E-state index contributed by atoms with van der Waals surface area (Å²) in [6.07, 6.45) is 0. The van der Waals surface area contributed by atoms with Crippen molar-refractivity contribution in [2.75, 3.05) is 0 Å². The Morgan fingerprint density at radius 2 is 2.18 bits per heavy atom. The van der Waals surface area contributed by atoms with Gasteiger partial charge in [-0.15, -0.1) is 0 Å². The summed E-state index contributed by atoms with van der Waals surface area (Å²) in [6, 6.07) is 2.35. The Balaban J connectivity index is 3.15. The summed E-state index contributed by atoms with van der Waals surface area (Å²) in [7, 11) is 0. The van der Waals surface area contributed by atoms with Crippen LogP contribution in [0.2, 0.25) is 5.15 Å². The third-order valence-corrected chi connectivity index (χ3v) is 1.33. The van der Waals surface area contributed by atoms with Crippen molar-refractivity contribution < 1.29 is 15.0 Å². The summed E-state index contributed by atoms with van der Waals surface area (Å²) in [5, 5.41) is 17.0. The Labute approximate surface area is 67.1 Å². The van der Waals surface area contributed by atoms with Gasteiger partial charge in [0.2, 0.25) is 0 Å². The van der Waals surface area contributed by atoms with Gasteiger partial charge in [0.1, 0.15) is 5.69 Å². The average molecular weight is 174 g/mol.